The molecule has 1 unspecified atom stereocenters. The Morgan fingerprint density at radius 1 is 1.50 bits per heavy atom. The van der Waals surface area contributed by atoms with Gasteiger partial charge in [0.05, 0.1) is 0 Å². The van der Waals surface area contributed by atoms with Crippen molar-refractivity contribution in [3.05, 3.63) is 28.2 Å². The number of rotatable bonds is 2. The SMILES string of the molecule is Cc1ccc(NC(=O)C2CCNC(=O)C2)cc1Br. The van der Waals surface area contributed by atoms with Crippen molar-refractivity contribution in [2.45, 2.75) is 19.8 Å². The molecule has 0 bridgehead atoms. The fourth-order valence-electron chi connectivity index (χ4n) is 1.92. The van der Waals surface area contributed by atoms with E-state index in [-0.39, 0.29) is 24.2 Å². The van der Waals surface area contributed by atoms with E-state index in [1.165, 1.54) is 0 Å². The van der Waals surface area contributed by atoms with Crippen molar-refractivity contribution in [2.24, 2.45) is 5.92 Å². The molecule has 1 aliphatic heterocycles. The second kappa shape index (κ2) is 5.52. The van der Waals surface area contributed by atoms with Crippen molar-refractivity contribution in [1.82, 2.24) is 5.32 Å². The normalized spacial score (nSPS) is 19.2. The molecule has 0 aliphatic carbocycles. The summed E-state index contributed by atoms with van der Waals surface area (Å²) in [6.45, 7) is 2.57. The quantitative estimate of drug-likeness (QED) is 0.880. The average Bonchev–Trinajstić information content (AvgIpc) is 2.34. The molecule has 0 aromatic heterocycles. The van der Waals surface area contributed by atoms with Gasteiger partial charge >= 0.3 is 0 Å². The maximum absolute atomic E-state index is 12.0. The minimum absolute atomic E-state index is 0.0495. The van der Waals surface area contributed by atoms with Crippen molar-refractivity contribution in [2.75, 3.05) is 11.9 Å². The van der Waals surface area contributed by atoms with Gasteiger partial charge in [-0.3, -0.25) is 9.59 Å². The van der Waals surface area contributed by atoms with Gasteiger partial charge in [0.1, 0.15) is 0 Å². The Balaban J connectivity index is 2.02. The van der Waals surface area contributed by atoms with Crippen LogP contribution >= 0.6 is 15.9 Å². The molecule has 0 radical (unpaired) electrons. The van der Waals surface area contributed by atoms with E-state index in [0.717, 1.165) is 15.7 Å². The molecule has 1 fully saturated rings. The Morgan fingerprint density at radius 3 is 2.94 bits per heavy atom. The molecular formula is C13H15BrN2O2. The lowest BCUT2D eigenvalue weighted by Gasteiger charge is -2.21. The standard InChI is InChI=1S/C13H15BrN2O2/c1-8-2-3-10(7-11(8)14)16-13(18)9-4-5-15-12(17)6-9/h2-3,7,9H,4-6H2,1H3,(H,15,17)(H,16,18). The predicted octanol–water partition coefficient (Wildman–Crippen LogP) is 2.22. The number of piperidine rings is 1. The Morgan fingerprint density at radius 2 is 2.28 bits per heavy atom. The van der Waals surface area contributed by atoms with Gasteiger partial charge in [-0.25, -0.2) is 0 Å². The van der Waals surface area contributed by atoms with Crippen LogP contribution in [-0.2, 0) is 9.59 Å². The molecule has 1 aromatic carbocycles. The summed E-state index contributed by atoms with van der Waals surface area (Å²) in [4.78, 5) is 23.2. The highest BCUT2D eigenvalue weighted by molar-refractivity contribution is 9.10. The van der Waals surface area contributed by atoms with Crippen LogP contribution in [0.2, 0.25) is 0 Å². The van der Waals surface area contributed by atoms with Crippen molar-refractivity contribution in [3.63, 3.8) is 0 Å². The van der Waals surface area contributed by atoms with E-state index in [1.807, 2.05) is 25.1 Å². The van der Waals surface area contributed by atoms with E-state index in [4.69, 9.17) is 0 Å². The van der Waals surface area contributed by atoms with Gasteiger partial charge in [-0.05, 0) is 31.0 Å². The molecule has 0 spiro atoms. The third-order valence-corrected chi connectivity index (χ3v) is 3.91. The number of hydrogen-bond donors (Lipinski definition) is 2. The number of amides is 2. The maximum atomic E-state index is 12.0. The highest BCUT2D eigenvalue weighted by atomic mass is 79.9. The zero-order valence-corrected chi connectivity index (χ0v) is 11.7. The van der Waals surface area contributed by atoms with Crippen LogP contribution in [0.15, 0.2) is 22.7 Å². The van der Waals surface area contributed by atoms with Crippen molar-refractivity contribution < 1.29 is 9.59 Å². The molecular weight excluding hydrogens is 296 g/mol. The maximum Gasteiger partial charge on any atom is 0.228 e. The first kappa shape index (κ1) is 13.1. The van der Waals surface area contributed by atoms with Gasteiger partial charge in [0, 0.05) is 29.0 Å². The van der Waals surface area contributed by atoms with Gasteiger partial charge in [0.15, 0.2) is 0 Å². The molecule has 18 heavy (non-hydrogen) atoms. The highest BCUT2D eigenvalue weighted by Crippen LogP contribution is 2.22. The lowest BCUT2D eigenvalue weighted by molar-refractivity contribution is -0.129. The zero-order chi connectivity index (χ0) is 13.1. The molecule has 1 saturated heterocycles. The molecule has 4 nitrogen and oxygen atoms in total. The minimum atomic E-state index is -0.223. The monoisotopic (exact) mass is 310 g/mol. The van der Waals surface area contributed by atoms with E-state index >= 15 is 0 Å². The fourth-order valence-corrected chi connectivity index (χ4v) is 2.30. The number of anilines is 1. The summed E-state index contributed by atoms with van der Waals surface area (Å²) in [7, 11) is 0. The van der Waals surface area contributed by atoms with Crippen LogP contribution in [0.1, 0.15) is 18.4 Å². The number of halogens is 1. The smallest absolute Gasteiger partial charge is 0.228 e. The van der Waals surface area contributed by atoms with E-state index in [2.05, 4.69) is 26.6 Å². The third-order valence-electron chi connectivity index (χ3n) is 3.06. The lowest BCUT2D eigenvalue weighted by Crippen LogP contribution is -2.38. The molecule has 5 heteroatoms. The van der Waals surface area contributed by atoms with Crippen molar-refractivity contribution >= 4 is 33.4 Å². The van der Waals surface area contributed by atoms with Crippen LogP contribution < -0.4 is 10.6 Å². The van der Waals surface area contributed by atoms with Crippen molar-refractivity contribution in [1.29, 1.82) is 0 Å². The third kappa shape index (κ3) is 3.10. The predicted molar refractivity (Wildman–Crippen MR) is 73.2 cm³/mol. The summed E-state index contributed by atoms with van der Waals surface area (Å²) in [5, 5.41) is 5.57. The summed E-state index contributed by atoms with van der Waals surface area (Å²) in [5.41, 5.74) is 1.87. The number of aryl methyl sites for hydroxylation is 1. The van der Waals surface area contributed by atoms with E-state index in [0.29, 0.717) is 13.0 Å². The second-order valence-electron chi connectivity index (χ2n) is 4.49. The first-order valence-corrected chi connectivity index (χ1v) is 6.69. The fraction of sp³-hybridized carbons (Fsp3) is 0.385. The largest absolute Gasteiger partial charge is 0.356 e. The first-order chi connectivity index (χ1) is 8.56. The van der Waals surface area contributed by atoms with E-state index in [9.17, 15) is 9.59 Å². The minimum Gasteiger partial charge on any atom is -0.356 e. The van der Waals surface area contributed by atoms with E-state index in [1.54, 1.807) is 0 Å². The molecule has 2 amide bonds. The summed E-state index contributed by atoms with van der Waals surface area (Å²) < 4.78 is 0.960. The first-order valence-electron chi connectivity index (χ1n) is 5.90. The van der Waals surface area contributed by atoms with Crippen LogP contribution in [0.4, 0.5) is 5.69 Å². The summed E-state index contributed by atoms with van der Waals surface area (Å²) in [6, 6.07) is 5.67. The van der Waals surface area contributed by atoms with Gasteiger partial charge in [0.25, 0.3) is 0 Å². The average molecular weight is 311 g/mol. The van der Waals surface area contributed by atoms with Crippen LogP contribution in [0.25, 0.3) is 0 Å². The Labute approximate surface area is 114 Å². The zero-order valence-electron chi connectivity index (χ0n) is 10.1. The number of benzene rings is 1. The Hall–Kier alpha value is -1.36. The van der Waals surface area contributed by atoms with Crippen molar-refractivity contribution in [3.8, 4) is 0 Å². The van der Waals surface area contributed by atoms with Gasteiger partial charge in [-0.15, -0.1) is 0 Å². The Kier molecular flexibility index (Phi) is 4.01. The number of nitrogens with one attached hydrogen (secondary N) is 2. The van der Waals surface area contributed by atoms with Gasteiger partial charge in [0.2, 0.25) is 11.8 Å². The van der Waals surface area contributed by atoms with Gasteiger partial charge in [-0.1, -0.05) is 22.0 Å². The summed E-state index contributed by atoms with van der Waals surface area (Å²) in [6.07, 6.45) is 0.976. The van der Waals surface area contributed by atoms with Crippen LogP contribution in [0.5, 0.6) is 0 Å². The molecule has 0 saturated carbocycles. The topological polar surface area (TPSA) is 58.2 Å². The number of carbonyl (C=O) groups is 2. The van der Waals surface area contributed by atoms with Gasteiger partial charge < -0.3 is 10.6 Å². The van der Waals surface area contributed by atoms with Crippen LogP contribution in [0.3, 0.4) is 0 Å². The summed E-state index contributed by atoms with van der Waals surface area (Å²) >= 11 is 3.43. The van der Waals surface area contributed by atoms with Crippen LogP contribution in [-0.4, -0.2) is 18.4 Å². The second-order valence-corrected chi connectivity index (χ2v) is 5.35. The molecule has 96 valence electrons. The summed E-state index contributed by atoms with van der Waals surface area (Å²) in [5.74, 6) is -0.356. The lowest BCUT2D eigenvalue weighted by atomic mass is 9.96. The molecule has 1 heterocycles. The number of hydrogen-bond acceptors (Lipinski definition) is 2. The Bertz CT molecular complexity index is 488. The molecule has 2 N–H and O–H groups in total. The molecule has 2 rings (SSSR count). The highest BCUT2D eigenvalue weighted by Gasteiger charge is 2.25. The van der Waals surface area contributed by atoms with Gasteiger partial charge in [-0.2, -0.15) is 0 Å². The van der Waals surface area contributed by atoms with E-state index < -0.39 is 0 Å². The molecule has 1 atom stereocenters. The van der Waals surface area contributed by atoms with Crippen LogP contribution in [0, 0.1) is 12.8 Å². The molecule has 1 aromatic rings. The molecule has 1 aliphatic rings. The number of carbonyl (C=O) groups excluding carboxylic acids is 2.